The van der Waals surface area contributed by atoms with Crippen LogP contribution in [0.5, 0.6) is 0 Å². The van der Waals surface area contributed by atoms with Crippen LogP contribution in [0.25, 0.3) is 0 Å². The Labute approximate surface area is 128 Å². The number of aliphatic carboxylic acids is 1. The van der Waals surface area contributed by atoms with Crippen LogP contribution in [0.1, 0.15) is 26.2 Å². The predicted octanol–water partition coefficient (Wildman–Crippen LogP) is 1.24. The maximum absolute atomic E-state index is 12.5. The molecule has 0 aromatic rings. The van der Waals surface area contributed by atoms with E-state index in [4.69, 9.17) is 0 Å². The van der Waals surface area contributed by atoms with Crippen molar-refractivity contribution in [2.24, 2.45) is 0 Å². The molecule has 7 heteroatoms. The minimum atomic E-state index is -0.879. The van der Waals surface area contributed by atoms with Crippen LogP contribution >= 0.6 is 23.5 Å². The number of nitrogens with one attached hydrogen (secondary N) is 1. The molecule has 2 N–H and O–H groups in total. The number of hydrogen-bond donors (Lipinski definition) is 2. The van der Waals surface area contributed by atoms with Gasteiger partial charge >= 0.3 is 5.97 Å². The summed E-state index contributed by atoms with van der Waals surface area (Å²) in [6.45, 7) is 2.99. The molecule has 0 aliphatic carbocycles. The van der Waals surface area contributed by atoms with E-state index in [0.29, 0.717) is 12.2 Å². The lowest BCUT2D eigenvalue weighted by Gasteiger charge is -2.30. The molecule has 2 saturated heterocycles. The first kappa shape index (κ1) is 16.0. The van der Waals surface area contributed by atoms with Gasteiger partial charge < -0.3 is 15.3 Å². The van der Waals surface area contributed by atoms with Crippen LogP contribution in [0.2, 0.25) is 0 Å². The first-order valence-corrected chi connectivity index (χ1v) is 9.30. The molecule has 1 amide bonds. The lowest BCUT2D eigenvalue weighted by molar-refractivity contribution is -0.149. The summed E-state index contributed by atoms with van der Waals surface area (Å²) in [4.78, 5) is 25.5. The fourth-order valence-electron chi connectivity index (χ4n) is 2.62. The molecule has 20 heavy (non-hydrogen) atoms. The van der Waals surface area contributed by atoms with Gasteiger partial charge in [0.05, 0.1) is 5.37 Å². The molecule has 5 nitrogen and oxygen atoms in total. The molecule has 2 heterocycles. The molecule has 114 valence electrons. The van der Waals surface area contributed by atoms with Gasteiger partial charge in [0, 0.05) is 36.3 Å². The van der Waals surface area contributed by atoms with E-state index >= 15 is 0 Å². The van der Waals surface area contributed by atoms with Crippen molar-refractivity contribution in [1.82, 2.24) is 10.2 Å². The van der Waals surface area contributed by atoms with Crippen molar-refractivity contribution in [2.45, 2.75) is 43.6 Å². The maximum atomic E-state index is 12.5. The average molecular weight is 318 g/mol. The van der Waals surface area contributed by atoms with Crippen molar-refractivity contribution >= 4 is 35.4 Å². The van der Waals surface area contributed by atoms with Gasteiger partial charge in [-0.2, -0.15) is 11.8 Å². The maximum Gasteiger partial charge on any atom is 0.327 e. The van der Waals surface area contributed by atoms with E-state index in [9.17, 15) is 14.7 Å². The smallest absolute Gasteiger partial charge is 0.327 e. The van der Waals surface area contributed by atoms with Crippen LogP contribution in [0, 0.1) is 0 Å². The number of carboxylic acid groups (broad SMARTS) is 1. The number of amides is 1. The zero-order valence-electron chi connectivity index (χ0n) is 11.7. The van der Waals surface area contributed by atoms with Crippen LogP contribution in [0.3, 0.4) is 0 Å². The van der Waals surface area contributed by atoms with Gasteiger partial charge in [-0.1, -0.05) is 13.3 Å². The van der Waals surface area contributed by atoms with Gasteiger partial charge in [0.25, 0.3) is 0 Å². The van der Waals surface area contributed by atoms with Crippen molar-refractivity contribution in [2.75, 3.05) is 23.8 Å². The zero-order valence-corrected chi connectivity index (χ0v) is 13.3. The molecule has 2 fully saturated rings. The van der Waals surface area contributed by atoms with Crippen molar-refractivity contribution in [3.05, 3.63) is 0 Å². The second-order valence-electron chi connectivity index (χ2n) is 5.16. The van der Waals surface area contributed by atoms with E-state index in [1.807, 2.05) is 11.8 Å². The third-order valence-electron chi connectivity index (χ3n) is 3.62. The predicted molar refractivity (Wildman–Crippen MR) is 83.2 cm³/mol. The summed E-state index contributed by atoms with van der Waals surface area (Å²) >= 11 is 3.45. The minimum absolute atomic E-state index is 0.0131. The lowest BCUT2D eigenvalue weighted by atomic mass is 10.1. The number of thioether (sulfide) groups is 2. The second-order valence-corrected chi connectivity index (χ2v) is 7.52. The molecular formula is C13H22N2O3S2. The summed E-state index contributed by atoms with van der Waals surface area (Å²) in [6, 6.07) is -0.469. The largest absolute Gasteiger partial charge is 0.480 e. The minimum Gasteiger partial charge on any atom is -0.480 e. The summed E-state index contributed by atoms with van der Waals surface area (Å²) in [5.41, 5.74) is 0. The Morgan fingerprint density at radius 2 is 2.20 bits per heavy atom. The van der Waals surface area contributed by atoms with E-state index < -0.39 is 12.0 Å². The molecule has 3 unspecified atom stereocenters. The molecule has 0 saturated carbocycles. The highest BCUT2D eigenvalue weighted by molar-refractivity contribution is 8.00. The van der Waals surface area contributed by atoms with Crippen molar-refractivity contribution in [3.8, 4) is 0 Å². The summed E-state index contributed by atoms with van der Waals surface area (Å²) in [7, 11) is 0. The number of carbonyl (C=O) groups is 2. The number of rotatable bonds is 5. The van der Waals surface area contributed by atoms with Gasteiger partial charge in [0.1, 0.15) is 6.04 Å². The molecule has 0 spiro atoms. The number of nitrogens with zero attached hydrogens (tertiary/aromatic N) is 1. The monoisotopic (exact) mass is 318 g/mol. The average Bonchev–Trinajstić information content (AvgIpc) is 2.84. The SMILES string of the molecule is CCCC1SCC(C(=O)O)N1C(=O)CC1CSCCN1. The van der Waals surface area contributed by atoms with E-state index in [2.05, 4.69) is 12.2 Å². The summed E-state index contributed by atoms with van der Waals surface area (Å²) in [5, 5.41) is 12.7. The standard InChI is InChI=1S/C13H22N2O3S2/c1-2-3-12-15(10(8-20-12)13(17)18)11(16)6-9-7-19-5-4-14-9/h9-10,12,14H,2-8H2,1H3,(H,17,18). The first-order chi connectivity index (χ1) is 9.63. The van der Waals surface area contributed by atoms with Crippen LogP contribution in [-0.2, 0) is 9.59 Å². The van der Waals surface area contributed by atoms with Crippen LogP contribution in [0.15, 0.2) is 0 Å². The molecule has 2 rings (SSSR count). The van der Waals surface area contributed by atoms with Crippen molar-refractivity contribution in [1.29, 1.82) is 0 Å². The first-order valence-electron chi connectivity index (χ1n) is 7.10. The molecule has 0 aromatic heterocycles. The Bertz CT molecular complexity index is 362. The van der Waals surface area contributed by atoms with Crippen LogP contribution in [-0.4, -0.2) is 63.1 Å². The molecule has 0 radical (unpaired) electrons. The zero-order chi connectivity index (χ0) is 14.5. The van der Waals surface area contributed by atoms with Gasteiger partial charge in [-0.15, -0.1) is 11.8 Å². The second kappa shape index (κ2) is 7.56. The third kappa shape index (κ3) is 3.83. The Hall–Kier alpha value is -0.400. The Morgan fingerprint density at radius 3 is 2.80 bits per heavy atom. The van der Waals surface area contributed by atoms with Crippen molar-refractivity contribution in [3.63, 3.8) is 0 Å². The molecular weight excluding hydrogens is 296 g/mol. The molecule has 2 aliphatic heterocycles. The van der Waals surface area contributed by atoms with Crippen LogP contribution in [0.4, 0.5) is 0 Å². The number of carbonyl (C=O) groups excluding carboxylic acids is 1. The summed E-state index contributed by atoms with van der Waals surface area (Å²) < 4.78 is 0. The van der Waals surface area contributed by atoms with E-state index in [1.165, 1.54) is 0 Å². The molecule has 3 atom stereocenters. The Morgan fingerprint density at radius 1 is 1.40 bits per heavy atom. The van der Waals surface area contributed by atoms with Gasteiger partial charge in [-0.3, -0.25) is 4.79 Å². The summed E-state index contributed by atoms with van der Waals surface area (Å²) in [5.74, 6) is 1.64. The molecule has 0 bridgehead atoms. The van der Waals surface area contributed by atoms with Crippen molar-refractivity contribution < 1.29 is 14.7 Å². The number of carboxylic acids is 1. The van der Waals surface area contributed by atoms with Gasteiger partial charge in [-0.25, -0.2) is 4.79 Å². The fourth-order valence-corrected chi connectivity index (χ4v) is 5.11. The van der Waals surface area contributed by atoms with E-state index in [1.54, 1.807) is 16.7 Å². The van der Waals surface area contributed by atoms with E-state index in [-0.39, 0.29) is 17.3 Å². The summed E-state index contributed by atoms with van der Waals surface area (Å²) in [6.07, 6.45) is 2.25. The normalized spacial score (nSPS) is 30.4. The lowest BCUT2D eigenvalue weighted by Crippen LogP contribution is -2.49. The Kier molecular flexibility index (Phi) is 6.04. The van der Waals surface area contributed by atoms with Gasteiger partial charge in [0.2, 0.25) is 5.91 Å². The molecule has 2 aliphatic rings. The van der Waals surface area contributed by atoms with Gasteiger partial charge in [0.15, 0.2) is 0 Å². The highest BCUT2D eigenvalue weighted by atomic mass is 32.2. The number of hydrogen-bond acceptors (Lipinski definition) is 5. The highest BCUT2D eigenvalue weighted by Gasteiger charge is 2.41. The highest BCUT2D eigenvalue weighted by Crippen LogP contribution is 2.33. The topological polar surface area (TPSA) is 69.6 Å². The third-order valence-corrected chi connectivity index (χ3v) is 6.11. The quantitative estimate of drug-likeness (QED) is 0.795. The molecule has 0 aromatic carbocycles. The Balaban J connectivity index is 2.00. The fraction of sp³-hybridized carbons (Fsp3) is 0.846. The van der Waals surface area contributed by atoms with E-state index in [0.717, 1.165) is 30.9 Å². The van der Waals surface area contributed by atoms with Gasteiger partial charge in [-0.05, 0) is 6.42 Å². The van der Waals surface area contributed by atoms with Crippen LogP contribution < -0.4 is 5.32 Å².